The molecule has 0 aliphatic carbocycles. The molecule has 0 fully saturated rings. The first-order valence-electron chi connectivity index (χ1n) is 5.10. The monoisotopic (exact) mass is 285 g/mol. The van der Waals surface area contributed by atoms with Gasteiger partial charge in [-0.1, -0.05) is 13.0 Å². The normalized spacial score (nSPS) is 12.0. The summed E-state index contributed by atoms with van der Waals surface area (Å²) in [4.78, 5) is 17.7. The summed E-state index contributed by atoms with van der Waals surface area (Å²) in [5, 5.41) is 2.64. The molecule has 0 radical (unpaired) electrons. The van der Waals surface area contributed by atoms with Gasteiger partial charge in [-0.2, -0.15) is 0 Å². The zero-order valence-corrected chi connectivity index (χ0v) is 11.3. The van der Waals surface area contributed by atoms with Gasteiger partial charge in [0.25, 0.3) is 0 Å². The molecule has 4 nitrogen and oxygen atoms in total. The number of anilines is 1. The van der Waals surface area contributed by atoms with E-state index < -0.39 is 0 Å². The first kappa shape index (κ1) is 13.0. The van der Waals surface area contributed by atoms with Crippen LogP contribution in [-0.2, 0) is 4.79 Å². The quantitative estimate of drug-likeness (QED) is 0.856. The number of carbonyl (C=O) groups is 1. The number of halogens is 1. The summed E-state index contributed by atoms with van der Waals surface area (Å²) in [5.74, 6) is 0.836. The van der Waals surface area contributed by atoms with Crippen molar-refractivity contribution in [2.45, 2.75) is 6.92 Å². The number of aromatic nitrogens is 1. The van der Waals surface area contributed by atoms with E-state index in [9.17, 15) is 4.79 Å². The Bertz CT molecular complexity index is 370. The minimum atomic E-state index is -0.0595. The van der Waals surface area contributed by atoms with Gasteiger partial charge in [-0.05, 0) is 28.1 Å². The zero-order chi connectivity index (χ0) is 12.1. The van der Waals surface area contributed by atoms with Gasteiger partial charge >= 0.3 is 0 Å². The third kappa shape index (κ3) is 3.48. The summed E-state index contributed by atoms with van der Waals surface area (Å²) in [6.07, 6.45) is 0. The van der Waals surface area contributed by atoms with Crippen molar-refractivity contribution < 1.29 is 4.79 Å². The van der Waals surface area contributed by atoms with E-state index in [2.05, 4.69) is 26.2 Å². The fourth-order valence-corrected chi connectivity index (χ4v) is 1.78. The van der Waals surface area contributed by atoms with Crippen molar-refractivity contribution in [1.82, 2.24) is 10.3 Å². The molecule has 0 saturated heterocycles. The van der Waals surface area contributed by atoms with E-state index in [0.29, 0.717) is 6.54 Å². The van der Waals surface area contributed by atoms with Crippen LogP contribution in [0.2, 0.25) is 0 Å². The molecule has 0 aromatic carbocycles. The van der Waals surface area contributed by atoms with E-state index in [1.807, 2.05) is 37.1 Å². The van der Waals surface area contributed by atoms with Crippen LogP contribution < -0.4 is 10.2 Å². The number of rotatable bonds is 4. The lowest BCUT2D eigenvalue weighted by Crippen LogP contribution is -2.34. The number of pyridine rings is 1. The maximum atomic E-state index is 11.4. The second-order valence-electron chi connectivity index (χ2n) is 3.71. The smallest absolute Gasteiger partial charge is 0.224 e. The maximum Gasteiger partial charge on any atom is 0.224 e. The molecule has 0 bridgehead atoms. The second kappa shape index (κ2) is 5.84. The van der Waals surface area contributed by atoms with Gasteiger partial charge in [0.15, 0.2) is 0 Å². The average Bonchev–Trinajstić information content (AvgIpc) is 2.27. The Hall–Kier alpha value is -1.10. The maximum absolute atomic E-state index is 11.4. The molecule has 1 aromatic heterocycles. The highest BCUT2D eigenvalue weighted by molar-refractivity contribution is 9.10. The number of nitrogens with zero attached hydrogens (tertiary/aromatic N) is 2. The van der Waals surface area contributed by atoms with E-state index in [4.69, 9.17) is 0 Å². The van der Waals surface area contributed by atoms with Crippen molar-refractivity contribution in [3.63, 3.8) is 0 Å². The molecule has 1 heterocycles. The van der Waals surface area contributed by atoms with Crippen molar-refractivity contribution in [1.29, 1.82) is 0 Å². The highest BCUT2D eigenvalue weighted by atomic mass is 79.9. The standard InChI is InChI=1S/C11H16BrN3O/c1-8(11(16)13-2)7-15(3)10-6-4-5-9(12)14-10/h4-6,8H,7H2,1-3H3,(H,13,16). The van der Waals surface area contributed by atoms with Crippen LogP contribution >= 0.6 is 15.9 Å². The number of hydrogen-bond donors (Lipinski definition) is 1. The third-order valence-electron chi connectivity index (χ3n) is 2.33. The zero-order valence-electron chi connectivity index (χ0n) is 9.70. The highest BCUT2D eigenvalue weighted by Crippen LogP contribution is 2.14. The fraction of sp³-hybridized carbons (Fsp3) is 0.455. The van der Waals surface area contributed by atoms with Gasteiger partial charge in [0.1, 0.15) is 10.4 Å². The molecule has 1 atom stereocenters. The Morgan fingerprint density at radius 1 is 1.62 bits per heavy atom. The number of nitrogens with one attached hydrogen (secondary N) is 1. The molecule has 1 N–H and O–H groups in total. The predicted octanol–water partition coefficient (Wildman–Crippen LogP) is 1.66. The van der Waals surface area contributed by atoms with E-state index >= 15 is 0 Å². The minimum absolute atomic E-state index is 0.0434. The molecule has 0 spiro atoms. The minimum Gasteiger partial charge on any atom is -0.359 e. The molecule has 0 aliphatic heterocycles. The molecule has 1 amide bonds. The fourth-order valence-electron chi connectivity index (χ4n) is 1.44. The first-order chi connectivity index (χ1) is 7.54. The Balaban J connectivity index is 2.65. The largest absolute Gasteiger partial charge is 0.359 e. The summed E-state index contributed by atoms with van der Waals surface area (Å²) in [6, 6.07) is 5.72. The Kier molecular flexibility index (Phi) is 4.73. The van der Waals surface area contributed by atoms with E-state index in [1.54, 1.807) is 7.05 Å². The number of carbonyl (C=O) groups excluding carboxylic acids is 1. The lowest BCUT2D eigenvalue weighted by Gasteiger charge is -2.21. The Morgan fingerprint density at radius 2 is 2.31 bits per heavy atom. The van der Waals surface area contributed by atoms with Crippen molar-refractivity contribution in [3.8, 4) is 0 Å². The Morgan fingerprint density at radius 3 is 2.88 bits per heavy atom. The van der Waals surface area contributed by atoms with E-state index in [1.165, 1.54) is 0 Å². The topological polar surface area (TPSA) is 45.2 Å². The molecule has 1 aromatic rings. The summed E-state index contributed by atoms with van der Waals surface area (Å²) in [5.41, 5.74) is 0. The molecular formula is C11H16BrN3O. The average molecular weight is 286 g/mol. The van der Waals surface area contributed by atoms with Gasteiger partial charge in [0, 0.05) is 20.6 Å². The predicted molar refractivity (Wildman–Crippen MR) is 68.4 cm³/mol. The summed E-state index contributed by atoms with van der Waals surface area (Å²) >= 11 is 3.32. The lowest BCUT2D eigenvalue weighted by atomic mass is 10.1. The highest BCUT2D eigenvalue weighted by Gasteiger charge is 2.14. The van der Waals surface area contributed by atoms with Gasteiger partial charge in [-0.3, -0.25) is 4.79 Å². The van der Waals surface area contributed by atoms with Crippen LogP contribution in [0.3, 0.4) is 0 Å². The SMILES string of the molecule is CNC(=O)C(C)CN(C)c1cccc(Br)n1. The van der Waals surface area contributed by atoms with Gasteiger partial charge in [0.2, 0.25) is 5.91 Å². The summed E-state index contributed by atoms with van der Waals surface area (Å²) in [6.45, 7) is 2.54. The first-order valence-corrected chi connectivity index (χ1v) is 5.89. The van der Waals surface area contributed by atoms with Crippen LogP contribution in [0.4, 0.5) is 5.82 Å². The van der Waals surface area contributed by atoms with Crippen molar-refractivity contribution in [2.75, 3.05) is 25.5 Å². The van der Waals surface area contributed by atoms with Gasteiger partial charge in [-0.25, -0.2) is 4.98 Å². The van der Waals surface area contributed by atoms with Gasteiger partial charge in [-0.15, -0.1) is 0 Å². The lowest BCUT2D eigenvalue weighted by molar-refractivity contribution is -0.123. The van der Waals surface area contributed by atoms with Crippen LogP contribution in [0.1, 0.15) is 6.92 Å². The molecule has 5 heteroatoms. The molecule has 88 valence electrons. The van der Waals surface area contributed by atoms with Crippen LogP contribution in [0.15, 0.2) is 22.8 Å². The van der Waals surface area contributed by atoms with E-state index in [0.717, 1.165) is 10.4 Å². The molecular weight excluding hydrogens is 270 g/mol. The van der Waals surface area contributed by atoms with Crippen molar-refractivity contribution in [2.24, 2.45) is 5.92 Å². The number of amides is 1. The summed E-state index contributed by atoms with van der Waals surface area (Å²) in [7, 11) is 3.57. The van der Waals surface area contributed by atoms with Gasteiger partial charge < -0.3 is 10.2 Å². The molecule has 16 heavy (non-hydrogen) atoms. The van der Waals surface area contributed by atoms with Crippen LogP contribution in [0.5, 0.6) is 0 Å². The van der Waals surface area contributed by atoms with Crippen molar-refractivity contribution >= 4 is 27.7 Å². The molecule has 1 unspecified atom stereocenters. The second-order valence-corrected chi connectivity index (χ2v) is 4.53. The van der Waals surface area contributed by atoms with Gasteiger partial charge in [0.05, 0.1) is 5.92 Å². The van der Waals surface area contributed by atoms with Crippen LogP contribution in [0.25, 0.3) is 0 Å². The molecule has 1 rings (SSSR count). The third-order valence-corrected chi connectivity index (χ3v) is 2.77. The van der Waals surface area contributed by atoms with Crippen LogP contribution in [0, 0.1) is 5.92 Å². The van der Waals surface area contributed by atoms with Crippen LogP contribution in [-0.4, -0.2) is 31.5 Å². The van der Waals surface area contributed by atoms with Crippen molar-refractivity contribution in [3.05, 3.63) is 22.8 Å². The van der Waals surface area contributed by atoms with E-state index in [-0.39, 0.29) is 11.8 Å². The molecule has 0 saturated carbocycles. The Labute approximate surface area is 104 Å². The molecule has 0 aliphatic rings. The number of hydrogen-bond acceptors (Lipinski definition) is 3. The summed E-state index contributed by atoms with van der Waals surface area (Å²) < 4.78 is 0.796.